The molecular formula is C20H20N4O4S. The summed E-state index contributed by atoms with van der Waals surface area (Å²) in [5.74, 6) is -0.864. The van der Waals surface area contributed by atoms with Gasteiger partial charge in [0.25, 0.3) is 5.56 Å². The van der Waals surface area contributed by atoms with Crippen molar-refractivity contribution in [3.63, 3.8) is 0 Å². The molecule has 1 atom stereocenters. The fourth-order valence-electron chi connectivity index (χ4n) is 3.42. The number of nitrogens with one attached hydrogen (secondary N) is 1. The minimum absolute atomic E-state index is 0.117. The van der Waals surface area contributed by atoms with Crippen LogP contribution in [0.2, 0.25) is 0 Å². The molecule has 29 heavy (non-hydrogen) atoms. The second-order valence-corrected chi connectivity index (χ2v) is 7.81. The zero-order valence-corrected chi connectivity index (χ0v) is 16.7. The molecule has 2 heterocycles. The van der Waals surface area contributed by atoms with Crippen LogP contribution in [-0.4, -0.2) is 33.0 Å². The third-order valence-electron chi connectivity index (χ3n) is 4.85. The number of amides is 1. The lowest BCUT2D eigenvalue weighted by atomic mass is 10.1. The number of carbonyl (C=O) groups is 2. The van der Waals surface area contributed by atoms with E-state index in [4.69, 9.17) is 4.74 Å². The van der Waals surface area contributed by atoms with Crippen LogP contribution in [0.4, 0.5) is 5.13 Å². The summed E-state index contributed by atoms with van der Waals surface area (Å²) < 4.78 is 6.53. The predicted molar refractivity (Wildman–Crippen MR) is 109 cm³/mol. The molecule has 4 rings (SSSR count). The summed E-state index contributed by atoms with van der Waals surface area (Å²) >= 11 is 1.38. The van der Waals surface area contributed by atoms with Crippen molar-refractivity contribution in [1.82, 2.24) is 14.5 Å². The third kappa shape index (κ3) is 3.91. The Kier molecular flexibility index (Phi) is 5.39. The van der Waals surface area contributed by atoms with E-state index in [-0.39, 0.29) is 36.3 Å². The Hall–Kier alpha value is -3.07. The molecule has 2 aromatic heterocycles. The number of rotatable bonds is 6. The van der Waals surface area contributed by atoms with Gasteiger partial charge >= 0.3 is 5.97 Å². The van der Waals surface area contributed by atoms with Crippen LogP contribution in [0, 0.1) is 0 Å². The molecule has 3 aromatic rings. The molecule has 9 heteroatoms. The number of fused-ring (bicyclic) bond motifs is 2. The Balaban J connectivity index is 1.40. The Bertz CT molecular complexity index is 1140. The summed E-state index contributed by atoms with van der Waals surface area (Å²) in [6.07, 6.45) is 3.02. The molecule has 0 bridgehead atoms. The quantitative estimate of drug-likeness (QED) is 0.624. The fourth-order valence-corrected chi connectivity index (χ4v) is 4.48. The second-order valence-electron chi connectivity index (χ2n) is 6.73. The van der Waals surface area contributed by atoms with E-state index in [2.05, 4.69) is 15.3 Å². The zero-order chi connectivity index (χ0) is 20.4. The molecule has 0 saturated carbocycles. The fraction of sp³-hybridized carbons (Fsp3) is 0.350. The monoisotopic (exact) mass is 412 g/mol. The first-order valence-electron chi connectivity index (χ1n) is 9.47. The van der Waals surface area contributed by atoms with E-state index in [1.54, 1.807) is 25.1 Å². The van der Waals surface area contributed by atoms with Gasteiger partial charge in [0.2, 0.25) is 5.91 Å². The molecule has 1 aliphatic carbocycles. The Labute approximate surface area is 170 Å². The van der Waals surface area contributed by atoms with Crippen molar-refractivity contribution in [3.8, 4) is 0 Å². The summed E-state index contributed by atoms with van der Waals surface area (Å²) in [5.41, 5.74) is 1.17. The number of hydrogen-bond acceptors (Lipinski definition) is 7. The van der Waals surface area contributed by atoms with Crippen LogP contribution in [0.1, 0.15) is 36.3 Å². The van der Waals surface area contributed by atoms with Gasteiger partial charge in [-0.05, 0) is 31.9 Å². The van der Waals surface area contributed by atoms with Gasteiger partial charge in [-0.1, -0.05) is 12.1 Å². The van der Waals surface area contributed by atoms with E-state index >= 15 is 0 Å². The van der Waals surface area contributed by atoms with Crippen molar-refractivity contribution in [2.24, 2.45) is 0 Å². The summed E-state index contributed by atoms with van der Waals surface area (Å²) in [5, 5.41) is 3.77. The van der Waals surface area contributed by atoms with E-state index in [1.807, 2.05) is 6.07 Å². The van der Waals surface area contributed by atoms with Crippen LogP contribution < -0.4 is 10.9 Å². The molecule has 0 aliphatic heterocycles. The first-order valence-corrected chi connectivity index (χ1v) is 10.3. The van der Waals surface area contributed by atoms with Gasteiger partial charge in [0, 0.05) is 17.8 Å². The number of hydrogen-bond donors (Lipinski definition) is 1. The average molecular weight is 412 g/mol. The number of thiazole rings is 1. The van der Waals surface area contributed by atoms with Gasteiger partial charge in [-0.3, -0.25) is 19.0 Å². The van der Waals surface area contributed by atoms with Gasteiger partial charge in [-0.2, -0.15) is 0 Å². The van der Waals surface area contributed by atoms with Crippen molar-refractivity contribution in [1.29, 1.82) is 0 Å². The average Bonchev–Trinajstić information content (AvgIpc) is 3.28. The number of esters is 1. The summed E-state index contributed by atoms with van der Waals surface area (Å²) in [7, 11) is 0. The second kappa shape index (κ2) is 8.12. The van der Waals surface area contributed by atoms with Crippen LogP contribution in [0.3, 0.4) is 0 Å². The zero-order valence-electron chi connectivity index (χ0n) is 15.9. The highest BCUT2D eigenvalue weighted by Crippen LogP contribution is 2.38. The molecule has 0 saturated heterocycles. The van der Waals surface area contributed by atoms with Gasteiger partial charge in [0.1, 0.15) is 5.92 Å². The molecule has 0 unspecified atom stereocenters. The number of para-hydroxylation sites is 1. The lowest BCUT2D eigenvalue weighted by Gasteiger charge is -2.08. The van der Waals surface area contributed by atoms with Crippen molar-refractivity contribution < 1.29 is 14.3 Å². The van der Waals surface area contributed by atoms with E-state index < -0.39 is 0 Å². The molecular weight excluding hydrogens is 392 g/mol. The van der Waals surface area contributed by atoms with Crippen LogP contribution >= 0.6 is 11.3 Å². The molecule has 1 aromatic carbocycles. The van der Waals surface area contributed by atoms with E-state index in [9.17, 15) is 14.4 Å². The van der Waals surface area contributed by atoms with Crippen LogP contribution in [0.5, 0.6) is 0 Å². The largest absolute Gasteiger partial charge is 0.465 e. The van der Waals surface area contributed by atoms with Crippen molar-refractivity contribution in [2.75, 3.05) is 11.9 Å². The van der Waals surface area contributed by atoms with Crippen LogP contribution in [-0.2, 0) is 27.3 Å². The highest BCUT2D eigenvalue weighted by Gasteiger charge is 2.33. The summed E-state index contributed by atoms with van der Waals surface area (Å²) in [6, 6.07) is 7.11. The van der Waals surface area contributed by atoms with Crippen LogP contribution in [0.25, 0.3) is 10.9 Å². The first-order chi connectivity index (χ1) is 14.1. The molecule has 150 valence electrons. The van der Waals surface area contributed by atoms with E-state index in [0.29, 0.717) is 34.8 Å². The molecule has 0 spiro atoms. The SMILES string of the molecule is CCOC(=O)[C@H]1CCc2sc(NC(=O)CCn3cnc4ccccc4c3=O)nc21. The van der Waals surface area contributed by atoms with Crippen molar-refractivity contribution in [2.45, 2.75) is 38.6 Å². The summed E-state index contributed by atoms with van der Waals surface area (Å²) in [4.78, 5) is 46.6. The number of aryl methyl sites for hydroxylation is 2. The Morgan fingerprint density at radius 3 is 3.00 bits per heavy atom. The van der Waals surface area contributed by atoms with Crippen LogP contribution in [0.15, 0.2) is 35.4 Å². The van der Waals surface area contributed by atoms with Crippen molar-refractivity contribution in [3.05, 3.63) is 51.5 Å². The van der Waals surface area contributed by atoms with E-state index in [1.165, 1.54) is 22.2 Å². The molecule has 1 N–H and O–H groups in total. The molecule has 8 nitrogen and oxygen atoms in total. The number of nitrogens with zero attached hydrogens (tertiary/aromatic N) is 3. The molecule has 1 amide bonds. The van der Waals surface area contributed by atoms with Gasteiger partial charge in [0.15, 0.2) is 5.13 Å². The normalized spacial score (nSPS) is 15.3. The Morgan fingerprint density at radius 2 is 2.17 bits per heavy atom. The molecule has 1 aliphatic rings. The number of anilines is 1. The molecule has 0 fully saturated rings. The van der Waals surface area contributed by atoms with Gasteiger partial charge in [0.05, 0.1) is 29.5 Å². The first kappa shape index (κ1) is 19.3. The number of aromatic nitrogens is 3. The lowest BCUT2D eigenvalue weighted by molar-refractivity contribution is -0.145. The number of carbonyl (C=O) groups excluding carboxylic acids is 2. The maximum atomic E-state index is 12.5. The highest BCUT2D eigenvalue weighted by molar-refractivity contribution is 7.16. The molecule has 0 radical (unpaired) electrons. The van der Waals surface area contributed by atoms with E-state index in [0.717, 1.165) is 11.3 Å². The number of benzene rings is 1. The van der Waals surface area contributed by atoms with Gasteiger partial charge < -0.3 is 10.1 Å². The van der Waals surface area contributed by atoms with Gasteiger partial charge in [-0.15, -0.1) is 11.3 Å². The minimum atomic E-state index is -0.353. The maximum Gasteiger partial charge on any atom is 0.315 e. The summed E-state index contributed by atoms with van der Waals surface area (Å²) in [6.45, 7) is 2.33. The van der Waals surface area contributed by atoms with Crippen molar-refractivity contribution >= 4 is 39.2 Å². The third-order valence-corrected chi connectivity index (χ3v) is 5.89. The lowest BCUT2D eigenvalue weighted by Crippen LogP contribution is -2.23. The minimum Gasteiger partial charge on any atom is -0.465 e. The predicted octanol–water partition coefficient (Wildman–Crippen LogP) is 2.47. The van der Waals surface area contributed by atoms with Gasteiger partial charge in [-0.25, -0.2) is 9.97 Å². The Morgan fingerprint density at radius 1 is 1.34 bits per heavy atom. The smallest absolute Gasteiger partial charge is 0.315 e. The number of ether oxygens (including phenoxy) is 1. The standard InChI is InChI=1S/C20H20N4O4S/c1-2-28-19(27)13-7-8-15-17(13)23-20(29-15)22-16(25)9-10-24-11-21-14-6-4-3-5-12(14)18(24)26/h3-6,11,13H,2,7-10H2,1H3,(H,22,23,25)/t13-/m0/s1. The topological polar surface area (TPSA) is 103 Å². The maximum absolute atomic E-state index is 12.5. The highest BCUT2D eigenvalue weighted by atomic mass is 32.1.